The van der Waals surface area contributed by atoms with Crippen molar-refractivity contribution in [2.24, 2.45) is 5.84 Å². The van der Waals surface area contributed by atoms with Crippen LogP contribution in [0.2, 0.25) is 0 Å². The van der Waals surface area contributed by atoms with E-state index in [4.69, 9.17) is 5.84 Å². The van der Waals surface area contributed by atoms with Gasteiger partial charge in [-0.3, -0.25) is 15.8 Å². The first-order chi connectivity index (χ1) is 9.43. The molecule has 0 amide bonds. The maximum Gasteiger partial charge on any atom is 0.416 e. The van der Waals surface area contributed by atoms with E-state index in [2.05, 4.69) is 15.4 Å². The molecule has 20 heavy (non-hydrogen) atoms. The van der Waals surface area contributed by atoms with Crippen molar-refractivity contribution < 1.29 is 13.2 Å². The third kappa shape index (κ3) is 2.94. The normalized spacial score (nSPS) is 13.2. The largest absolute Gasteiger partial charge is 0.416 e. The average Bonchev–Trinajstić information content (AvgIpc) is 2.41. The first-order valence-electron chi connectivity index (χ1n) is 5.84. The highest BCUT2D eigenvalue weighted by molar-refractivity contribution is 5.36. The van der Waals surface area contributed by atoms with Gasteiger partial charge in [0, 0.05) is 6.20 Å². The van der Waals surface area contributed by atoms with E-state index in [1.165, 1.54) is 30.6 Å². The SMILES string of the molecule is Cc1cnc(C(NN)c2ccccc2C(F)(F)F)cn1. The van der Waals surface area contributed by atoms with Crippen molar-refractivity contribution in [3.63, 3.8) is 0 Å². The van der Waals surface area contributed by atoms with Gasteiger partial charge in [-0.15, -0.1) is 0 Å². The van der Waals surface area contributed by atoms with Crippen molar-refractivity contribution in [2.45, 2.75) is 19.1 Å². The molecule has 0 aliphatic heterocycles. The molecule has 1 unspecified atom stereocenters. The summed E-state index contributed by atoms with van der Waals surface area (Å²) in [4.78, 5) is 8.10. The number of nitrogens with one attached hydrogen (secondary N) is 1. The summed E-state index contributed by atoms with van der Waals surface area (Å²) in [5.41, 5.74) is 2.64. The molecule has 0 bridgehead atoms. The molecule has 1 aromatic heterocycles. The van der Waals surface area contributed by atoms with Crippen molar-refractivity contribution in [1.82, 2.24) is 15.4 Å². The standard InChI is InChI=1S/C13H13F3N4/c1-8-6-19-11(7-18-8)12(20-17)9-4-2-3-5-10(9)13(14,15)16/h2-7,12,20H,17H2,1H3. The monoisotopic (exact) mass is 282 g/mol. The predicted molar refractivity (Wildman–Crippen MR) is 67.4 cm³/mol. The topological polar surface area (TPSA) is 63.8 Å². The minimum Gasteiger partial charge on any atom is -0.271 e. The number of hydrogen-bond donors (Lipinski definition) is 2. The number of nitrogens with zero attached hydrogens (tertiary/aromatic N) is 2. The van der Waals surface area contributed by atoms with Gasteiger partial charge in [-0.05, 0) is 18.6 Å². The van der Waals surface area contributed by atoms with Crippen LogP contribution in [0.5, 0.6) is 0 Å². The smallest absolute Gasteiger partial charge is 0.271 e. The molecule has 1 heterocycles. The molecule has 2 aromatic rings. The van der Waals surface area contributed by atoms with Gasteiger partial charge in [0.2, 0.25) is 0 Å². The molecule has 0 aliphatic rings. The van der Waals surface area contributed by atoms with Gasteiger partial charge in [-0.1, -0.05) is 18.2 Å². The number of rotatable bonds is 3. The molecule has 2 rings (SSSR count). The molecule has 0 fully saturated rings. The average molecular weight is 282 g/mol. The fourth-order valence-electron chi connectivity index (χ4n) is 1.89. The first kappa shape index (κ1) is 14.4. The number of hydrogen-bond acceptors (Lipinski definition) is 4. The summed E-state index contributed by atoms with van der Waals surface area (Å²) in [6.07, 6.45) is -1.56. The van der Waals surface area contributed by atoms with Gasteiger partial charge in [-0.2, -0.15) is 13.2 Å². The summed E-state index contributed by atoms with van der Waals surface area (Å²) in [6, 6.07) is 4.37. The number of aryl methyl sites for hydroxylation is 1. The summed E-state index contributed by atoms with van der Waals surface area (Å²) in [6.45, 7) is 1.74. The van der Waals surface area contributed by atoms with Crippen LogP contribution < -0.4 is 11.3 Å². The lowest BCUT2D eigenvalue weighted by molar-refractivity contribution is -0.138. The third-order valence-corrected chi connectivity index (χ3v) is 2.84. The lowest BCUT2D eigenvalue weighted by Crippen LogP contribution is -2.31. The van der Waals surface area contributed by atoms with E-state index < -0.39 is 17.8 Å². The van der Waals surface area contributed by atoms with Gasteiger partial charge in [0.25, 0.3) is 0 Å². The molecule has 106 valence electrons. The predicted octanol–water partition coefficient (Wildman–Crippen LogP) is 2.36. The van der Waals surface area contributed by atoms with E-state index in [9.17, 15) is 13.2 Å². The number of halogens is 3. The van der Waals surface area contributed by atoms with E-state index in [1.807, 2.05) is 0 Å². The summed E-state index contributed by atoms with van der Waals surface area (Å²) < 4.78 is 39.1. The van der Waals surface area contributed by atoms with Crippen LogP contribution in [-0.2, 0) is 6.18 Å². The van der Waals surface area contributed by atoms with Crippen molar-refractivity contribution in [3.05, 3.63) is 59.2 Å². The van der Waals surface area contributed by atoms with Crippen molar-refractivity contribution in [1.29, 1.82) is 0 Å². The van der Waals surface area contributed by atoms with Crippen LogP contribution in [0, 0.1) is 6.92 Å². The van der Waals surface area contributed by atoms with Gasteiger partial charge in [0.15, 0.2) is 0 Å². The Labute approximate surface area is 113 Å². The molecule has 1 aromatic carbocycles. The molecule has 0 saturated carbocycles. The highest BCUT2D eigenvalue weighted by Crippen LogP contribution is 2.35. The van der Waals surface area contributed by atoms with Crippen LogP contribution >= 0.6 is 0 Å². The van der Waals surface area contributed by atoms with Crippen molar-refractivity contribution in [3.8, 4) is 0 Å². The molecule has 4 nitrogen and oxygen atoms in total. The lowest BCUT2D eigenvalue weighted by Gasteiger charge is -2.20. The molecule has 0 radical (unpaired) electrons. The number of alkyl halides is 3. The number of benzene rings is 1. The molecular weight excluding hydrogens is 269 g/mol. The van der Waals surface area contributed by atoms with Gasteiger partial charge in [-0.25, -0.2) is 5.43 Å². The van der Waals surface area contributed by atoms with Crippen LogP contribution in [0.3, 0.4) is 0 Å². The second kappa shape index (κ2) is 5.56. The van der Waals surface area contributed by atoms with Crippen LogP contribution in [0.25, 0.3) is 0 Å². The van der Waals surface area contributed by atoms with Gasteiger partial charge >= 0.3 is 6.18 Å². The maximum absolute atomic E-state index is 13.0. The Morgan fingerprint density at radius 1 is 1.15 bits per heavy atom. The lowest BCUT2D eigenvalue weighted by atomic mass is 9.98. The fraction of sp³-hybridized carbons (Fsp3) is 0.231. The van der Waals surface area contributed by atoms with E-state index in [0.717, 1.165) is 6.07 Å². The maximum atomic E-state index is 13.0. The summed E-state index contributed by atoms with van der Waals surface area (Å²) in [7, 11) is 0. The summed E-state index contributed by atoms with van der Waals surface area (Å²) in [5.74, 6) is 5.40. The third-order valence-electron chi connectivity index (χ3n) is 2.84. The quantitative estimate of drug-likeness (QED) is 0.670. The zero-order chi connectivity index (χ0) is 14.8. The Kier molecular flexibility index (Phi) is 4.01. The minimum atomic E-state index is -4.45. The Hall–Kier alpha value is -1.99. The second-order valence-electron chi connectivity index (χ2n) is 4.27. The Bertz CT molecular complexity index is 581. The molecule has 0 aliphatic carbocycles. The van der Waals surface area contributed by atoms with E-state index in [0.29, 0.717) is 11.4 Å². The molecule has 0 spiro atoms. The van der Waals surface area contributed by atoms with Crippen molar-refractivity contribution >= 4 is 0 Å². The minimum absolute atomic E-state index is 0.0145. The fourth-order valence-corrected chi connectivity index (χ4v) is 1.89. The Balaban J connectivity index is 2.50. The van der Waals surface area contributed by atoms with Gasteiger partial charge < -0.3 is 0 Å². The molecule has 3 N–H and O–H groups in total. The van der Waals surface area contributed by atoms with Crippen LogP contribution in [0.15, 0.2) is 36.7 Å². The Morgan fingerprint density at radius 3 is 2.40 bits per heavy atom. The van der Waals surface area contributed by atoms with Crippen LogP contribution in [-0.4, -0.2) is 9.97 Å². The summed E-state index contributed by atoms with van der Waals surface area (Å²) >= 11 is 0. The molecule has 0 saturated heterocycles. The molecule has 7 heteroatoms. The first-order valence-corrected chi connectivity index (χ1v) is 5.84. The number of aromatic nitrogens is 2. The zero-order valence-electron chi connectivity index (χ0n) is 10.6. The number of nitrogens with two attached hydrogens (primary N) is 1. The van der Waals surface area contributed by atoms with Crippen LogP contribution in [0.4, 0.5) is 13.2 Å². The highest BCUT2D eigenvalue weighted by atomic mass is 19.4. The van der Waals surface area contributed by atoms with E-state index in [-0.39, 0.29) is 5.56 Å². The summed E-state index contributed by atoms with van der Waals surface area (Å²) in [5, 5.41) is 0. The van der Waals surface area contributed by atoms with Crippen LogP contribution in [0.1, 0.15) is 28.6 Å². The second-order valence-corrected chi connectivity index (χ2v) is 4.27. The zero-order valence-corrected chi connectivity index (χ0v) is 10.6. The van der Waals surface area contributed by atoms with E-state index in [1.54, 1.807) is 6.92 Å². The Morgan fingerprint density at radius 2 is 1.85 bits per heavy atom. The van der Waals surface area contributed by atoms with Gasteiger partial charge in [0.05, 0.1) is 29.2 Å². The molecule has 1 atom stereocenters. The van der Waals surface area contributed by atoms with E-state index >= 15 is 0 Å². The van der Waals surface area contributed by atoms with Gasteiger partial charge in [0.1, 0.15) is 0 Å². The van der Waals surface area contributed by atoms with Crippen molar-refractivity contribution in [2.75, 3.05) is 0 Å². The number of hydrazine groups is 1. The molecular formula is C13H13F3N4. The highest BCUT2D eigenvalue weighted by Gasteiger charge is 2.35.